The Hall–Kier alpha value is -2.58. The summed E-state index contributed by atoms with van der Waals surface area (Å²) in [5.41, 5.74) is 4.16. The van der Waals surface area contributed by atoms with Crippen molar-refractivity contribution < 1.29 is 9.53 Å². The minimum Gasteiger partial charge on any atom is -0.488 e. The van der Waals surface area contributed by atoms with E-state index in [1.165, 1.54) is 17.3 Å². The van der Waals surface area contributed by atoms with E-state index in [9.17, 15) is 4.79 Å². The van der Waals surface area contributed by atoms with Crippen LogP contribution in [0.4, 0.5) is 5.69 Å². The minimum atomic E-state index is -0.131. The summed E-state index contributed by atoms with van der Waals surface area (Å²) in [5, 5.41) is 3.44. The lowest BCUT2D eigenvalue weighted by Crippen LogP contribution is -2.19. The van der Waals surface area contributed by atoms with Crippen LogP contribution in [0.3, 0.4) is 0 Å². The van der Waals surface area contributed by atoms with Crippen LogP contribution in [0.15, 0.2) is 82.7 Å². The van der Waals surface area contributed by atoms with E-state index in [4.69, 9.17) is 4.74 Å². The maximum atomic E-state index is 12.4. The standard InChI is InChI=1S/C25H21IN2O2S/c1-2-17-8-11-20(12-9-17)27-25-28-24(29)23(31-25)15-19-10-13-22(21(26)14-19)30-16-18-6-4-3-5-7-18/h3-15H,2,16H2,1H3,(H,27,28,29)/b23-15-. The molecule has 0 radical (unpaired) electrons. The quantitative estimate of drug-likeness (QED) is 0.294. The van der Waals surface area contributed by atoms with Gasteiger partial charge in [-0.05, 0) is 87.8 Å². The second kappa shape index (κ2) is 10.2. The first-order chi connectivity index (χ1) is 15.1. The molecule has 6 heteroatoms. The third-order valence-electron chi connectivity index (χ3n) is 4.72. The number of ether oxygens (including phenoxy) is 1. The summed E-state index contributed by atoms with van der Waals surface area (Å²) in [6, 6.07) is 24.0. The highest BCUT2D eigenvalue weighted by molar-refractivity contribution is 14.1. The number of rotatable bonds is 6. The summed E-state index contributed by atoms with van der Waals surface area (Å²) < 4.78 is 6.93. The molecule has 0 atom stereocenters. The number of thioether (sulfide) groups is 1. The van der Waals surface area contributed by atoms with Gasteiger partial charge in [0.25, 0.3) is 5.91 Å². The van der Waals surface area contributed by atoms with E-state index >= 15 is 0 Å². The van der Waals surface area contributed by atoms with Gasteiger partial charge in [-0.2, -0.15) is 0 Å². The Morgan fingerprint density at radius 2 is 1.81 bits per heavy atom. The first kappa shape index (κ1) is 21.6. The molecule has 4 nitrogen and oxygen atoms in total. The van der Waals surface area contributed by atoms with Crippen molar-refractivity contribution in [2.75, 3.05) is 0 Å². The number of amides is 1. The van der Waals surface area contributed by atoms with Crippen molar-refractivity contribution in [3.63, 3.8) is 0 Å². The largest absolute Gasteiger partial charge is 0.488 e. The smallest absolute Gasteiger partial charge is 0.264 e. The highest BCUT2D eigenvalue weighted by atomic mass is 127. The Labute approximate surface area is 200 Å². The van der Waals surface area contributed by atoms with Gasteiger partial charge in [-0.3, -0.25) is 4.79 Å². The van der Waals surface area contributed by atoms with E-state index in [-0.39, 0.29) is 5.91 Å². The Bertz CT molecular complexity index is 1140. The number of hydrogen-bond donors (Lipinski definition) is 1. The fourth-order valence-electron chi connectivity index (χ4n) is 3.01. The molecule has 31 heavy (non-hydrogen) atoms. The van der Waals surface area contributed by atoms with Crippen LogP contribution in [0.5, 0.6) is 5.75 Å². The van der Waals surface area contributed by atoms with Crippen LogP contribution in [-0.2, 0) is 17.8 Å². The van der Waals surface area contributed by atoms with E-state index in [1.54, 1.807) is 0 Å². The number of nitrogens with zero attached hydrogens (tertiary/aromatic N) is 1. The van der Waals surface area contributed by atoms with E-state index < -0.39 is 0 Å². The van der Waals surface area contributed by atoms with Gasteiger partial charge in [0.05, 0.1) is 14.2 Å². The third-order valence-corrected chi connectivity index (χ3v) is 6.47. The molecule has 156 valence electrons. The lowest BCUT2D eigenvalue weighted by Gasteiger charge is -2.09. The summed E-state index contributed by atoms with van der Waals surface area (Å²) in [7, 11) is 0. The molecule has 0 saturated carbocycles. The number of aryl methyl sites for hydroxylation is 1. The zero-order valence-electron chi connectivity index (χ0n) is 17.0. The SMILES string of the molecule is CCc1ccc(N=C2NC(=O)/C(=C/c3ccc(OCc4ccccc4)c(I)c3)S2)cc1. The predicted molar refractivity (Wildman–Crippen MR) is 137 cm³/mol. The van der Waals surface area contributed by atoms with Crippen molar-refractivity contribution in [1.82, 2.24) is 5.32 Å². The zero-order valence-corrected chi connectivity index (χ0v) is 19.9. The molecule has 0 aromatic heterocycles. The lowest BCUT2D eigenvalue weighted by molar-refractivity contribution is -0.115. The number of aliphatic imine (C=N–C) groups is 1. The molecule has 0 aliphatic carbocycles. The van der Waals surface area contributed by atoms with Crippen LogP contribution >= 0.6 is 34.4 Å². The van der Waals surface area contributed by atoms with Gasteiger partial charge in [0.2, 0.25) is 0 Å². The number of nitrogens with one attached hydrogen (secondary N) is 1. The Morgan fingerprint density at radius 3 is 2.52 bits per heavy atom. The highest BCUT2D eigenvalue weighted by Gasteiger charge is 2.23. The van der Waals surface area contributed by atoms with Crippen LogP contribution in [0.25, 0.3) is 6.08 Å². The first-order valence-corrected chi connectivity index (χ1v) is 11.8. The molecule has 1 aliphatic heterocycles. The maximum absolute atomic E-state index is 12.4. The van der Waals surface area contributed by atoms with Gasteiger partial charge in [0.1, 0.15) is 12.4 Å². The Kier molecular flexibility index (Phi) is 7.09. The monoisotopic (exact) mass is 540 g/mol. The number of benzene rings is 3. The molecule has 1 amide bonds. The van der Waals surface area contributed by atoms with Crippen LogP contribution in [0.1, 0.15) is 23.6 Å². The van der Waals surface area contributed by atoms with Crippen LogP contribution in [0, 0.1) is 3.57 Å². The number of hydrogen-bond acceptors (Lipinski definition) is 4. The highest BCUT2D eigenvalue weighted by Crippen LogP contribution is 2.30. The van der Waals surface area contributed by atoms with Crippen molar-refractivity contribution in [3.05, 3.63) is 98.0 Å². The summed E-state index contributed by atoms with van der Waals surface area (Å²) in [6.07, 6.45) is 2.87. The average Bonchev–Trinajstić information content (AvgIpc) is 3.13. The fraction of sp³-hybridized carbons (Fsp3) is 0.120. The number of carbonyl (C=O) groups excluding carboxylic acids is 1. The van der Waals surface area contributed by atoms with Crippen LogP contribution in [0.2, 0.25) is 0 Å². The van der Waals surface area contributed by atoms with Gasteiger partial charge in [-0.25, -0.2) is 4.99 Å². The number of halogens is 1. The molecular formula is C25H21IN2O2S. The van der Waals surface area contributed by atoms with E-state index in [1.807, 2.05) is 66.7 Å². The molecule has 4 rings (SSSR count). The minimum absolute atomic E-state index is 0.131. The second-order valence-corrected chi connectivity index (χ2v) is 9.16. The van der Waals surface area contributed by atoms with E-state index in [0.717, 1.165) is 32.6 Å². The summed E-state index contributed by atoms with van der Waals surface area (Å²) in [6.45, 7) is 2.64. The molecular weight excluding hydrogens is 519 g/mol. The van der Waals surface area contributed by atoms with E-state index in [2.05, 4.69) is 52.0 Å². The molecule has 0 bridgehead atoms. The molecule has 1 heterocycles. The number of amidine groups is 1. The van der Waals surface area contributed by atoms with Crippen LogP contribution < -0.4 is 10.1 Å². The van der Waals surface area contributed by atoms with Crippen molar-refractivity contribution >= 4 is 57.2 Å². The van der Waals surface area contributed by atoms with Gasteiger partial charge in [-0.15, -0.1) is 0 Å². The van der Waals surface area contributed by atoms with Crippen molar-refractivity contribution in [3.8, 4) is 5.75 Å². The molecule has 3 aromatic rings. The normalized spacial score (nSPS) is 16.0. The maximum Gasteiger partial charge on any atom is 0.264 e. The lowest BCUT2D eigenvalue weighted by atomic mass is 10.2. The van der Waals surface area contributed by atoms with Gasteiger partial charge < -0.3 is 10.1 Å². The summed E-state index contributed by atoms with van der Waals surface area (Å²) in [4.78, 5) is 17.6. The van der Waals surface area contributed by atoms with Crippen molar-refractivity contribution in [1.29, 1.82) is 0 Å². The molecule has 1 N–H and O–H groups in total. The predicted octanol–water partition coefficient (Wildman–Crippen LogP) is 6.32. The summed E-state index contributed by atoms with van der Waals surface area (Å²) >= 11 is 3.61. The molecule has 1 aliphatic rings. The zero-order chi connectivity index (χ0) is 21.6. The molecule has 0 unspecified atom stereocenters. The Morgan fingerprint density at radius 1 is 1.03 bits per heavy atom. The van der Waals surface area contributed by atoms with Gasteiger partial charge in [-0.1, -0.05) is 55.5 Å². The molecule has 0 spiro atoms. The van der Waals surface area contributed by atoms with Crippen molar-refractivity contribution in [2.24, 2.45) is 4.99 Å². The summed E-state index contributed by atoms with van der Waals surface area (Å²) in [5.74, 6) is 0.696. The molecule has 1 saturated heterocycles. The van der Waals surface area contributed by atoms with Crippen LogP contribution in [-0.4, -0.2) is 11.1 Å². The average molecular weight is 540 g/mol. The van der Waals surface area contributed by atoms with Crippen molar-refractivity contribution in [2.45, 2.75) is 20.0 Å². The van der Waals surface area contributed by atoms with Gasteiger partial charge in [0, 0.05) is 0 Å². The Balaban J connectivity index is 1.44. The first-order valence-electron chi connectivity index (χ1n) is 9.95. The fourth-order valence-corrected chi connectivity index (χ4v) is 4.55. The van der Waals surface area contributed by atoms with Gasteiger partial charge in [0.15, 0.2) is 5.17 Å². The molecule has 1 fully saturated rings. The van der Waals surface area contributed by atoms with Gasteiger partial charge >= 0.3 is 0 Å². The third kappa shape index (κ3) is 5.77. The van der Waals surface area contributed by atoms with E-state index in [0.29, 0.717) is 16.7 Å². The topological polar surface area (TPSA) is 50.7 Å². The molecule has 3 aromatic carbocycles. The number of carbonyl (C=O) groups is 1. The second-order valence-electron chi connectivity index (χ2n) is 6.97.